The molecule has 0 radical (unpaired) electrons. The topological polar surface area (TPSA) is 80.0 Å². The molecule has 8 nitrogen and oxygen atoms in total. The van der Waals surface area contributed by atoms with E-state index in [4.69, 9.17) is 23.2 Å². The lowest BCUT2D eigenvalue weighted by molar-refractivity contribution is 0.669. The maximum atomic E-state index is 6.42. The van der Waals surface area contributed by atoms with Crippen molar-refractivity contribution in [2.24, 2.45) is 0 Å². The van der Waals surface area contributed by atoms with Crippen LogP contribution < -0.4 is 0 Å². The van der Waals surface area contributed by atoms with Crippen LogP contribution in [0.2, 0.25) is 0 Å². The first kappa shape index (κ1) is 47.4. The van der Waals surface area contributed by atoms with Gasteiger partial charge in [0.2, 0.25) is 0 Å². The van der Waals surface area contributed by atoms with Crippen LogP contribution in [-0.4, -0.2) is 23.7 Å². The predicted octanol–water partition coefficient (Wildman–Crippen LogP) is 21.6. The molecule has 7 aromatic heterocycles. The van der Waals surface area contributed by atoms with Gasteiger partial charge in [0.15, 0.2) is 5.82 Å². The molecule has 7 heterocycles. The Morgan fingerprint density at radius 2 is 0.614 bits per heavy atom. The van der Waals surface area contributed by atoms with Gasteiger partial charge >= 0.3 is 0 Å². The minimum atomic E-state index is 0.645. The number of hydrogen-bond donors (Lipinski definition) is 0. The first-order valence-electron chi connectivity index (χ1n) is 29.8. The van der Waals surface area contributed by atoms with Crippen molar-refractivity contribution in [3.63, 3.8) is 0 Å². The number of benzene rings is 13. The molecule has 0 aliphatic rings. The lowest BCUT2D eigenvalue weighted by Gasteiger charge is -2.14. The number of rotatable bonds is 6. The summed E-state index contributed by atoms with van der Waals surface area (Å²) in [6.07, 6.45) is 0. The van der Waals surface area contributed by atoms with Gasteiger partial charge in [-0.3, -0.25) is 0 Å². The molecule has 0 fully saturated rings. The standard InChI is InChI=1S/C80H45N5O3/c1-7-22-67-53(16-1)59-43-76-62(56-19-4-10-25-73(56)86-76)40-70(59)83(67)50-33-28-46(29-34-50)79-65-39-49(48-14-13-15-52(38-48)85-69-24-9-3-18-55(69)61-45-78-64(42-72(61)85)58-21-6-12-27-75(58)88-78)32-37-66(65)81-80(82-79)47-30-35-51(36-31-47)84-68-23-8-2-17-54(68)60-44-77-63(41-71(60)84)57-20-5-11-26-74(57)87-77/h1-45H. The molecule has 0 amide bonds. The van der Waals surface area contributed by atoms with Crippen LogP contribution in [0, 0.1) is 0 Å². The van der Waals surface area contributed by atoms with Gasteiger partial charge in [0.05, 0.1) is 44.3 Å². The molecule has 0 unspecified atom stereocenters. The highest BCUT2D eigenvalue weighted by atomic mass is 16.3. The molecule has 0 aliphatic heterocycles. The minimum Gasteiger partial charge on any atom is -0.456 e. The smallest absolute Gasteiger partial charge is 0.160 e. The first-order chi connectivity index (χ1) is 43.6. The van der Waals surface area contributed by atoms with E-state index in [1.165, 1.54) is 16.2 Å². The van der Waals surface area contributed by atoms with Crippen molar-refractivity contribution in [1.82, 2.24) is 23.7 Å². The average Bonchev–Trinajstić information content (AvgIpc) is 1.65. The number of hydrogen-bond acceptors (Lipinski definition) is 5. The lowest BCUT2D eigenvalue weighted by Crippen LogP contribution is -1.98. The summed E-state index contributed by atoms with van der Waals surface area (Å²) in [4.78, 5) is 11.0. The normalized spacial score (nSPS) is 12.3. The van der Waals surface area contributed by atoms with Crippen molar-refractivity contribution in [2.45, 2.75) is 0 Å². The van der Waals surface area contributed by atoms with E-state index >= 15 is 0 Å². The van der Waals surface area contributed by atoms with Gasteiger partial charge in [-0.05, 0) is 145 Å². The Morgan fingerprint density at radius 3 is 1.09 bits per heavy atom. The van der Waals surface area contributed by atoms with Crippen LogP contribution in [0.3, 0.4) is 0 Å². The molecule has 20 rings (SSSR count). The molecule has 8 heteroatoms. The van der Waals surface area contributed by atoms with E-state index in [1.807, 2.05) is 36.4 Å². The number of aromatic nitrogens is 5. The van der Waals surface area contributed by atoms with E-state index in [1.54, 1.807) is 0 Å². The first-order valence-corrected chi connectivity index (χ1v) is 29.8. The second-order valence-corrected chi connectivity index (χ2v) is 23.2. The van der Waals surface area contributed by atoms with E-state index in [0.717, 1.165) is 171 Å². The van der Waals surface area contributed by atoms with Crippen LogP contribution in [-0.2, 0) is 0 Å². The summed E-state index contributed by atoms with van der Waals surface area (Å²) in [5, 5.41) is 14.5. The molecular weight excluding hydrogens is 1080 g/mol. The van der Waals surface area contributed by atoms with Crippen LogP contribution in [0.5, 0.6) is 0 Å². The zero-order valence-corrected chi connectivity index (χ0v) is 46.9. The zero-order chi connectivity index (χ0) is 57.3. The van der Waals surface area contributed by atoms with Crippen molar-refractivity contribution in [3.8, 4) is 50.8 Å². The van der Waals surface area contributed by atoms with Gasteiger partial charge < -0.3 is 27.0 Å². The largest absolute Gasteiger partial charge is 0.456 e. The third kappa shape index (κ3) is 6.79. The highest BCUT2D eigenvalue weighted by Crippen LogP contribution is 2.44. The molecule has 0 aliphatic carbocycles. The van der Waals surface area contributed by atoms with Crippen molar-refractivity contribution >= 4 is 142 Å². The molecular formula is C80H45N5O3. The van der Waals surface area contributed by atoms with Crippen LogP contribution in [0.4, 0.5) is 0 Å². The van der Waals surface area contributed by atoms with Crippen molar-refractivity contribution in [2.75, 3.05) is 0 Å². The molecule has 13 aromatic carbocycles. The summed E-state index contributed by atoms with van der Waals surface area (Å²) in [6.45, 7) is 0. The third-order valence-electron chi connectivity index (χ3n) is 18.4. The predicted molar refractivity (Wildman–Crippen MR) is 361 cm³/mol. The summed E-state index contributed by atoms with van der Waals surface area (Å²) in [7, 11) is 0. The van der Waals surface area contributed by atoms with Crippen LogP contribution >= 0.6 is 0 Å². The second kappa shape index (κ2) is 17.8. The van der Waals surface area contributed by atoms with Crippen molar-refractivity contribution in [3.05, 3.63) is 273 Å². The maximum absolute atomic E-state index is 6.42. The van der Waals surface area contributed by atoms with Gasteiger partial charge in [0.25, 0.3) is 0 Å². The van der Waals surface area contributed by atoms with E-state index < -0.39 is 0 Å². The van der Waals surface area contributed by atoms with Crippen LogP contribution in [0.15, 0.2) is 286 Å². The Hall–Kier alpha value is -12.0. The highest BCUT2D eigenvalue weighted by molar-refractivity contribution is 6.20. The van der Waals surface area contributed by atoms with E-state index in [-0.39, 0.29) is 0 Å². The Bertz CT molecular complexity index is 6370. The molecule has 0 bridgehead atoms. The summed E-state index contributed by atoms with van der Waals surface area (Å²) in [6, 6.07) is 97.4. The quantitative estimate of drug-likeness (QED) is 0.166. The Balaban J connectivity index is 0.747. The fourth-order valence-electron chi connectivity index (χ4n) is 14.4. The number of nitrogens with zero attached hydrogens (tertiary/aromatic N) is 5. The molecule has 0 saturated heterocycles. The summed E-state index contributed by atoms with van der Waals surface area (Å²) in [5.41, 5.74) is 20.9. The maximum Gasteiger partial charge on any atom is 0.160 e. The minimum absolute atomic E-state index is 0.645. The van der Waals surface area contributed by atoms with Gasteiger partial charge in [-0.2, -0.15) is 0 Å². The van der Waals surface area contributed by atoms with E-state index in [2.05, 4.69) is 250 Å². The average molecular weight is 1120 g/mol. The second-order valence-electron chi connectivity index (χ2n) is 23.2. The Morgan fingerprint density at radius 1 is 0.216 bits per heavy atom. The molecule has 0 spiro atoms. The molecule has 0 N–H and O–H groups in total. The molecule has 0 atom stereocenters. The molecule has 0 saturated carbocycles. The van der Waals surface area contributed by atoms with Gasteiger partial charge in [-0.25, -0.2) is 9.97 Å². The SMILES string of the molecule is c1cc(-c2ccc3nc(-c4ccc(-n5c6ccccc6c6cc7oc8ccccc8c7cc65)cc4)nc(-c4ccc(-n5c6ccccc6c6cc7oc8ccccc8c7cc65)cc4)c3c2)cc(-n2c3ccccc3c3cc4oc5ccccc5c4cc32)c1. The number of para-hydroxylation sites is 6. The number of furan rings is 3. The highest BCUT2D eigenvalue weighted by Gasteiger charge is 2.22. The fraction of sp³-hybridized carbons (Fsp3) is 0. The van der Waals surface area contributed by atoms with Gasteiger partial charge in [-0.1, -0.05) is 140 Å². The molecule has 88 heavy (non-hydrogen) atoms. The zero-order valence-electron chi connectivity index (χ0n) is 46.9. The number of fused-ring (bicyclic) bond motifs is 19. The van der Waals surface area contributed by atoms with Crippen molar-refractivity contribution in [1.29, 1.82) is 0 Å². The van der Waals surface area contributed by atoms with E-state index in [0.29, 0.717) is 5.82 Å². The third-order valence-corrected chi connectivity index (χ3v) is 18.4. The summed E-state index contributed by atoms with van der Waals surface area (Å²) in [5.74, 6) is 0.645. The Kier molecular flexibility index (Phi) is 9.57. The molecule has 20 aromatic rings. The van der Waals surface area contributed by atoms with Gasteiger partial charge in [-0.15, -0.1) is 0 Å². The monoisotopic (exact) mass is 1120 g/mol. The van der Waals surface area contributed by atoms with Crippen molar-refractivity contribution < 1.29 is 13.3 Å². The van der Waals surface area contributed by atoms with Gasteiger partial charge in [0.1, 0.15) is 33.5 Å². The fourth-order valence-corrected chi connectivity index (χ4v) is 14.4. The van der Waals surface area contributed by atoms with Crippen LogP contribution in [0.25, 0.3) is 193 Å². The van der Waals surface area contributed by atoms with Crippen LogP contribution in [0.1, 0.15) is 0 Å². The summed E-state index contributed by atoms with van der Waals surface area (Å²) < 4.78 is 26.4. The van der Waals surface area contributed by atoms with Gasteiger partial charge in [0, 0.05) is 98.2 Å². The summed E-state index contributed by atoms with van der Waals surface area (Å²) >= 11 is 0. The van der Waals surface area contributed by atoms with E-state index in [9.17, 15) is 0 Å². The lowest BCUT2D eigenvalue weighted by atomic mass is 9.99. The Labute approximate surface area is 500 Å². The molecule has 408 valence electrons.